The maximum Gasteiger partial charge on any atom is 0.229 e. The Labute approximate surface area is 293 Å². The first-order chi connectivity index (χ1) is 24.7. The van der Waals surface area contributed by atoms with E-state index >= 15 is 0 Å². The SMILES string of the molecule is OCC1O[C@@H](OC2=C(c3ccc(O)c(O)c3)OC3C=C(O)C=C(O[C@@H]4OC(CO)[C@@H](O)[C@H](O)C4O)C3=C2)C(O[C@@H]2OC[C@@H](O)C(O)[C@H]2O)C(O)[C@@H]1O. The van der Waals surface area contributed by atoms with Gasteiger partial charge in [0.25, 0.3) is 0 Å². The zero-order valence-corrected chi connectivity index (χ0v) is 26.9. The first kappa shape index (κ1) is 38.2. The van der Waals surface area contributed by atoms with Gasteiger partial charge in [0.05, 0.1) is 19.8 Å². The van der Waals surface area contributed by atoms with Gasteiger partial charge in [-0.25, -0.2) is 0 Å². The van der Waals surface area contributed by atoms with E-state index in [4.69, 9.17) is 33.2 Å². The lowest BCUT2D eigenvalue weighted by Gasteiger charge is -2.45. The van der Waals surface area contributed by atoms with Gasteiger partial charge in [-0.15, -0.1) is 0 Å². The van der Waals surface area contributed by atoms with E-state index in [1.807, 2.05) is 0 Å². The van der Waals surface area contributed by atoms with Gasteiger partial charge in [-0.05, 0) is 24.3 Å². The van der Waals surface area contributed by atoms with Crippen LogP contribution in [0.4, 0.5) is 0 Å². The molecule has 20 heteroatoms. The number of fused-ring (bicyclic) bond motifs is 1. The third-order valence-corrected chi connectivity index (χ3v) is 9.09. The topological polar surface area (TPSA) is 328 Å². The van der Waals surface area contributed by atoms with Crippen molar-refractivity contribution < 1.29 is 99.5 Å². The molecule has 3 saturated heterocycles. The van der Waals surface area contributed by atoms with Crippen molar-refractivity contribution in [3.05, 3.63) is 64.8 Å². The molecule has 20 nitrogen and oxygen atoms in total. The summed E-state index contributed by atoms with van der Waals surface area (Å²) in [4.78, 5) is 0. The van der Waals surface area contributed by atoms with E-state index < -0.39 is 129 Å². The summed E-state index contributed by atoms with van der Waals surface area (Å²) in [6.07, 6.45) is -21.3. The quantitative estimate of drug-likeness (QED) is 0.106. The molecular weight excluding hydrogens is 704 g/mol. The first-order valence-electron chi connectivity index (χ1n) is 16.1. The van der Waals surface area contributed by atoms with Crippen LogP contribution in [-0.4, -0.2) is 178 Å². The number of hydrogen-bond donors (Lipinski definition) is 13. The van der Waals surface area contributed by atoms with Gasteiger partial charge in [-0.3, -0.25) is 0 Å². The number of aliphatic hydroxyl groups is 11. The van der Waals surface area contributed by atoms with Crippen molar-refractivity contribution in [2.75, 3.05) is 19.8 Å². The molecule has 4 aliphatic heterocycles. The van der Waals surface area contributed by atoms with E-state index in [2.05, 4.69) is 0 Å². The molecule has 0 saturated carbocycles. The molecule has 1 aromatic carbocycles. The number of aromatic hydroxyl groups is 2. The lowest BCUT2D eigenvalue weighted by molar-refractivity contribution is -0.351. The predicted molar refractivity (Wildman–Crippen MR) is 165 cm³/mol. The van der Waals surface area contributed by atoms with Crippen LogP contribution in [0.15, 0.2) is 59.3 Å². The average Bonchev–Trinajstić information content (AvgIpc) is 3.12. The molecule has 13 N–H and O–H groups in total. The minimum Gasteiger partial charge on any atom is -0.508 e. The maximum atomic E-state index is 11.1. The van der Waals surface area contributed by atoms with E-state index in [0.717, 1.165) is 18.2 Å². The Morgan fingerprint density at radius 2 is 1.33 bits per heavy atom. The fourth-order valence-electron chi connectivity index (χ4n) is 6.12. The monoisotopic (exact) mass is 744 g/mol. The van der Waals surface area contributed by atoms with Crippen LogP contribution in [0.1, 0.15) is 5.56 Å². The number of aliphatic hydroxyl groups excluding tert-OH is 11. The molecule has 6 rings (SSSR count). The molecule has 7 unspecified atom stereocenters. The zero-order chi connectivity index (χ0) is 37.6. The molecule has 4 heterocycles. The van der Waals surface area contributed by atoms with Gasteiger partial charge >= 0.3 is 0 Å². The Balaban J connectivity index is 1.38. The smallest absolute Gasteiger partial charge is 0.229 e. The Bertz CT molecular complexity index is 1570. The van der Waals surface area contributed by atoms with E-state index in [1.54, 1.807) is 0 Å². The fraction of sp³-hybridized carbons (Fsp3) is 0.562. The lowest BCUT2D eigenvalue weighted by atomic mass is 9.96. The van der Waals surface area contributed by atoms with Crippen LogP contribution in [0.25, 0.3) is 5.76 Å². The molecule has 15 atom stereocenters. The van der Waals surface area contributed by atoms with E-state index in [0.29, 0.717) is 0 Å². The van der Waals surface area contributed by atoms with Crippen molar-refractivity contribution in [1.82, 2.24) is 0 Å². The number of benzene rings is 1. The van der Waals surface area contributed by atoms with E-state index in [1.165, 1.54) is 18.2 Å². The number of phenolic OH excluding ortho intramolecular Hbond substituents is 2. The molecular formula is C32H40O20. The summed E-state index contributed by atoms with van der Waals surface area (Å²) in [5, 5.41) is 134. The third kappa shape index (κ3) is 7.31. The number of allylic oxidation sites excluding steroid dienone is 2. The van der Waals surface area contributed by atoms with Gasteiger partial charge in [-0.1, -0.05) is 0 Å². The van der Waals surface area contributed by atoms with Crippen molar-refractivity contribution >= 4 is 5.76 Å². The second-order valence-electron chi connectivity index (χ2n) is 12.6. The predicted octanol–water partition coefficient (Wildman–Crippen LogP) is -4.47. The standard InChI is InChI=1S/C32H40O20/c33-7-19-22(40)24(42)27(45)31(50-19)48-17-5-11(35)4-16-12(17)6-18(28(47-16)10-1-2-13(36)14(37)3-10)49-32-29(25(43)23(41)20(8-34)51-32)52-30-26(44)21(39)15(38)9-46-30/h1-6,15-16,19-27,29-45H,7-9H2/t15-,16?,19?,20?,21?,22-,23-,24+,25?,26-,27?,29?,30+,31-,32-/m1/s1. The van der Waals surface area contributed by atoms with Crippen molar-refractivity contribution in [3.8, 4) is 11.5 Å². The van der Waals surface area contributed by atoms with Crippen LogP contribution >= 0.6 is 0 Å². The van der Waals surface area contributed by atoms with E-state index in [9.17, 15) is 66.4 Å². The highest BCUT2D eigenvalue weighted by atomic mass is 16.8. The third-order valence-electron chi connectivity index (χ3n) is 9.09. The maximum absolute atomic E-state index is 11.1. The summed E-state index contributed by atoms with van der Waals surface area (Å²) in [5.41, 5.74) is 0.141. The number of phenols is 2. The molecule has 3 fully saturated rings. The van der Waals surface area contributed by atoms with Crippen molar-refractivity contribution in [3.63, 3.8) is 0 Å². The zero-order valence-electron chi connectivity index (χ0n) is 26.9. The molecule has 0 spiro atoms. The fourth-order valence-corrected chi connectivity index (χ4v) is 6.12. The molecule has 1 aliphatic carbocycles. The molecule has 52 heavy (non-hydrogen) atoms. The van der Waals surface area contributed by atoms with Crippen molar-refractivity contribution in [2.24, 2.45) is 0 Å². The minimum absolute atomic E-state index is 0.0622. The summed E-state index contributed by atoms with van der Waals surface area (Å²) >= 11 is 0. The minimum atomic E-state index is -1.89. The highest BCUT2D eigenvalue weighted by molar-refractivity contribution is 5.70. The van der Waals surface area contributed by atoms with Crippen LogP contribution in [-0.2, 0) is 33.2 Å². The van der Waals surface area contributed by atoms with Crippen LogP contribution in [0.3, 0.4) is 0 Å². The van der Waals surface area contributed by atoms with Crippen molar-refractivity contribution in [1.29, 1.82) is 0 Å². The van der Waals surface area contributed by atoms with Gasteiger partial charge in [-0.2, -0.15) is 0 Å². The van der Waals surface area contributed by atoms with Gasteiger partial charge in [0.15, 0.2) is 35.4 Å². The normalized spacial score (nSPS) is 40.9. The summed E-state index contributed by atoms with van der Waals surface area (Å²) in [6, 6.07) is 3.56. The molecule has 0 amide bonds. The van der Waals surface area contributed by atoms with Gasteiger partial charge in [0.2, 0.25) is 12.6 Å². The summed E-state index contributed by atoms with van der Waals surface area (Å²) in [7, 11) is 0. The number of rotatable bonds is 9. The number of ether oxygens (including phenoxy) is 7. The van der Waals surface area contributed by atoms with Gasteiger partial charge < -0.3 is 99.5 Å². The summed E-state index contributed by atoms with van der Waals surface area (Å²) in [6.45, 7) is -2.06. The highest BCUT2D eigenvalue weighted by Crippen LogP contribution is 2.42. The van der Waals surface area contributed by atoms with Gasteiger partial charge in [0.1, 0.15) is 78.7 Å². The molecule has 1 aromatic rings. The second-order valence-corrected chi connectivity index (χ2v) is 12.6. The van der Waals surface area contributed by atoms with Crippen LogP contribution < -0.4 is 0 Å². The molecule has 288 valence electrons. The Morgan fingerprint density at radius 3 is 2.00 bits per heavy atom. The summed E-state index contributed by atoms with van der Waals surface area (Å²) in [5.74, 6) is -2.15. The Kier molecular flexibility index (Phi) is 11.3. The van der Waals surface area contributed by atoms with Gasteiger partial charge in [0, 0.05) is 23.3 Å². The Hall–Kier alpha value is -3.58. The second kappa shape index (κ2) is 15.4. The molecule has 0 bridgehead atoms. The van der Waals surface area contributed by atoms with Crippen LogP contribution in [0.5, 0.6) is 11.5 Å². The van der Waals surface area contributed by atoms with E-state index in [-0.39, 0.29) is 28.4 Å². The average molecular weight is 745 g/mol. The van der Waals surface area contributed by atoms with Crippen LogP contribution in [0, 0.1) is 0 Å². The first-order valence-corrected chi connectivity index (χ1v) is 16.1. The highest BCUT2D eigenvalue weighted by Gasteiger charge is 2.51. The van der Waals surface area contributed by atoms with Crippen LogP contribution in [0.2, 0.25) is 0 Å². The Morgan fingerprint density at radius 1 is 0.673 bits per heavy atom. The largest absolute Gasteiger partial charge is 0.508 e. The molecule has 0 aromatic heterocycles. The summed E-state index contributed by atoms with van der Waals surface area (Å²) < 4.78 is 40.4. The molecule has 0 radical (unpaired) electrons. The lowest BCUT2D eigenvalue weighted by Crippen LogP contribution is -2.63. The molecule has 5 aliphatic rings. The van der Waals surface area contributed by atoms with Crippen molar-refractivity contribution in [2.45, 2.75) is 92.1 Å². The number of hydrogen-bond acceptors (Lipinski definition) is 20.